The van der Waals surface area contributed by atoms with Gasteiger partial charge in [0.2, 0.25) is 0 Å². The zero-order valence-corrected chi connectivity index (χ0v) is 13.6. The average molecular weight is 343 g/mol. The van der Waals surface area contributed by atoms with Crippen molar-refractivity contribution in [2.45, 2.75) is 12.3 Å². The molecule has 0 aliphatic rings. The van der Waals surface area contributed by atoms with Crippen molar-refractivity contribution in [1.29, 1.82) is 10.5 Å². The van der Waals surface area contributed by atoms with Gasteiger partial charge in [0.05, 0.1) is 12.1 Å². The summed E-state index contributed by atoms with van der Waals surface area (Å²) in [5, 5.41) is 19.2. The lowest BCUT2D eigenvalue weighted by Crippen LogP contribution is -2.16. The van der Waals surface area contributed by atoms with E-state index in [2.05, 4.69) is 0 Å². The minimum Gasteiger partial charge on any atom is -0.294 e. The van der Waals surface area contributed by atoms with Gasteiger partial charge in [0.15, 0.2) is 5.78 Å². The molecule has 0 aliphatic carbocycles. The highest BCUT2D eigenvalue weighted by molar-refractivity contribution is 6.36. The minimum absolute atomic E-state index is 0.0146. The molecule has 0 saturated carbocycles. The first-order chi connectivity index (χ1) is 11.1. The number of nitrogens with zero attached hydrogens (tertiary/aromatic N) is 2. The second-order valence-electron chi connectivity index (χ2n) is 4.97. The Hall–Kier alpha value is -2.33. The van der Waals surface area contributed by atoms with Crippen LogP contribution in [0.15, 0.2) is 48.5 Å². The fourth-order valence-corrected chi connectivity index (χ4v) is 3.08. The summed E-state index contributed by atoms with van der Waals surface area (Å²) in [6, 6.07) is 17.5. The third kappa shape index (κ3) is 3.90. The van der Waals surface area contributed by atoms with Crippen LogP contribution in [-0.2, 0) is 0 Å². The van der Waals surface area contributed by atoms with Crippen molar-refractivity contribution < 1.29 is 4.79 Å². The van der Waals surface area contributed by atoms with E-state index in [0.29, 0.717) is 21.2 Å². The van der Waals surface area contributed by atoms with E-state index >= 15 is 0 Å². The lowest BCUT2D eigenvalue weighted by atomic mass is 9.82. The molecule has 2 aromatic carbocycles. The van der Waals surface area contributed by atoms with Gasteiger partial charge in [-0.1, -0.05) is 59.6 Å². The van der Waals surface area contributed by atoms with E-state index in [4.69, 9.17) is 23.2 Å². The van der Waals surface area contributed by atoms with Crippen LogP contribution >= 0.6 is 23.2 Å². The van der Waals surface area contributed by atoms with E-state index in [1.54, 1.807) is 42.5 Å². The Morgan fingerprint density at radius 2 is 1.52 bits per heavy atom. The van der Waals surface area contributed by atoms with Crippen molar-refractivity contribution >= 4 is 29.0 Å². The predicted octanol–water partition coefficient (Wildman–Crippen LogP) is 5.01. The van der Waals surface area contributed by atoms with Crippen molar-refractivity contribution in [1.82, 2.24) is 0 Å². The van der Waals surface area contributed by atoms with E-state index in [9.17, 15) is 15.3 Å². The highest BCUT2D eigenvalue weighted by atomic mass is 35.5. The van der Waals surface area contributed by atoms with Crippen LogP contribution in [0.3, 0.4) is 0 Å². The van der Waals surface area contributed by atoms with E-state index < -0.39 is 11.8 Å². The molecule has 1 atom stereocenters. The maximum atomic E-state index is 12.5. The van der Waals surface area contributed by atoms with Gasteiger partial charge in [0.1, 0.15) is 5.92 Å². The molecule has 3 nitrogen and oxygen atoms in total. The molecule has 2 rings (SSSR count). The van der Waals surface area contributed by atoms with Crippen molar-refractivity contribution in [2.75, 3.05) is 0 Å². The number of nitriles is 2. The molecule has 0 aliphatic heterocycles. The number of hydrogen-bond acceptors (Lipinski definition) is 3. The molecule has 0 N–H and O–H groups in total. The standard InChI is InChI=1S/C18H12Cl2N2O/c19-15-7-4-8-16(20)18(15)14(13(10-21)11-22)9-17(23)12-5-2-1-3-6-12/h1-8,13-14H,9H2/t14-/m1/s1. The summed E-state index contributed by atoms with van der Waals surface area (Å²) >= 11 is 12.4. The summed E-state index contributed by atoms with van der Waals surface area (Å²) in [7, 11) is 0. The monoisotopic (exact) mass is 342 g/mol. The number of benzene rings is 2. The maximum Gasteiger partial charge on any atom is 0.163 e. The molecule has 0 radical (unpaired) electrons. The number of hydrogen-bond donors (Lipinski definition) is 0. The molecule has 23 heavy (non-hydrogen) atoms. The minimum atomic E-state index is -1.01. The fourth-order valence-electron chi connectivity index (χ4n) is 2.40. The predicted molar refractivity (Wildman–Crippen MR) is 89.3 cm³/mol. The molecule has 0 aromatic heterocycles. The number of ketones is 1. The van der Waals surface area contributed by atoms with Crippen LogP contribution in [0.1, 0.15) is 28.3 Å². The molecule has 0 fully saturated rings. The summed E-state index contributed by atoms with van der Waals surface area (Å²) in [5.74, 6) is -1.86. The smallest absolute Gasteiger partial charge is 0.163 e. The number of rotatable bonds is 5. The van der Waals surface area contributed by atoms with Crippen molar-refractivity contribution in [2.24, 2.45) is 5.92 Å². The first kappa shape index (κ1) is 17.0. The van der Waals surface area contributed by atoms with Crippen LogP contribution in [0.2, 0.25) is 10.0 Å². The van der Waals surface area contributed by atoms with Gasteiger partial charge in [0, 0.05) is 27.9 Å². The average Bonchev–Trinajstić information content (AvgIpc) is 2.56. The van der Waals surface area contributed by atoms with E-state index in [1.165, 1.54) is 0 Å². The topological polar surface area (TPSA) is 64.7 Å². The van der Waals surface area contributed by atoms with E-state index in [-0.39, 0.29) is 12.2 Å². The first-order valence-corrected chi connectivity index (χ1v) is 7.65. The lowest BCUT2D eigenvalue weighted by Gasteiger charge is -2.20. The van der Waals surface area contributed by atoms with Gasteiger partial charge in [0.25, 0.3) is 0 Å². The summed E-state index contributed by atoms with van der Waals surface area (Å²) < 4.78 is 0. The number of halogens is 2. The third-order valence-corrected chi connectivity index (χ3v) is 4.21. The number of carbonyl (C=O) groups excluding carboxylic acids is 1. The Labute approximate surface area is 144 Å². The maximum absolute atomic E-state index is 12.5. The van der Waals surface area contributed by atoms with Crippen molar-refractivity contribution in [3.05, 3.63) is 69.7 Å². The molecule has 114 valence electrons. The summed E-state index contributed by atoms with van der Waals surface area (Å²) in [6.45, 7) is 0. The SMILES string of the molecule is N#CC(C#N)[C@@H](CC(=O)c1ccccc1)c1c(Cl)cccc1Cl. The van der Waals surface area contributed by atoms with Gasteiger partial charge < -0.3 is 0 Å². The molecule has 0 amide bonds. The van der Waals surface area contributed by atoms with Gasteiger partial charge in [-0.05, 0) is 17.7 Å². The summed E-state index contributed by atoms with van der Waals surface area (Å²) in [4.78, 5) is 12.5. The van der Waals surface area contributed by atoms with Crippen molar-refractivity contribution in [3.63, 3.8) is 0 Å². The van der Waals surface area contributed by atoms with Gasteiger partial charge in [-0.2, -0.15) is 10.5 Å². The lowest BCUT2D eigenvalue weighted by molar-refractivity contribution is 0.0971. The third-order valence-electron chi connectivity index (χ3n) is 3.55. The van der Waals surface area contributed by atoms with E-state index in [1.807, 2.05) is 18.2 Å². The first-order valence-electron chi connectivity index (χ1n) is 6.90. The van der Waals surface area contributed by atoms with Gasteiger partial charge >= 0.3 is 0 Å². The van der Waals surface area contributed by atoms with Crippen LogP contribution in [0, 0.1) is 28.6 Å². The van der Waals surface area contributed by atoms with Crippen LogP contribution in [0.25, 0.3) is 0 Å². The molecule has 0 spiro atoms. The molecule has 0 bridgehead atoms. The molecule has 5 heteroatoms. The van der Waals surface area contributed by atoms with Crippen LogP contribution in [0.4, 0.5) is 0 Å². The Kier molecular flexibility index (Phi) is 5.77. The van der Waals surface area contributed by atoms with E-state index in [0.717, 1.165) is 0 Å². The van der Waals surface area contributed by atoms with Crippen LogP contribution < -0.4 is 0 Å². The quantitative estimate of drug-likeness (QED) is 0.717. The van der Waals surface area contributed by atoms with Gasteiger partial charge in [-0.3, -0.25) is 4.79 Å². The molecule has 0 heterocycles. The Bertz CT molecular complexity index is 757. The van der Waals surface area contributed by atoms with Gasteiger partial charge in [-0.25, -0.2) is 0 Å². The van der Waals surface area contributed by atoms with Crippen LogP contribution in [-0.4, -0.2) is 5.78 Å². The molecular formula is C18H12Cl2N2O. The molecule has 0 unspecified atom stereocenters. The molecular weight excluding hydrogens is 331 g/mol. The highest BCUT2D eigenvalue weighted by Crippen LogP contribution is 2.38. The Morgan fingerprint density at radius 1 is 0.957 bits per heavy atom. The highest BCUT2D eigenvalue weighted by Gasteiger charge is 2.29. The molecule has 2 aromatic rings. The Morgan fingerprint density at radius 3 is 2.04 bits per heavy atom. The second-order valence-corrected chi connectivity index (χ2v) is 5.79. The Balaban J connectivity index is 2.43. The largest absolute Gasteiger partial charge is 0.294 e. The fraction of sp³-hybridized carbons (Fsp3) is 0.167. The summed E-state index contributed by atoms with van der Waals surface area (Å²) in [5.41, 5.74) is 0.989. The number of carbonyl (C=O) groups is 1. The number of Topliss-reactive ketones (excluding diaryl/α,β-unsaturated/α-hetero) is 1. The zero-order chi connectivity index (χ0) is 16.8. The molecule has 0 saturated heterocycles. The van der Waals surface area contributed by atoms with Crippen LogP contribution in [0.5, 0.6) is 0 Å². The normalized spacial score (nSPS) is 11.5. The second kappa shape index (κ2) is 7.79. The summed E-state index contributed by atoms with van der Waals surface area (Å²) in [6.07, 6.45) is -0.0146. The van der Waals surface area contributed by atoms with Crippen molar-refractivity contribution in [3.8, 4) is 12.1 Å². The zero-order valence-electron chi connectivity index (χ0n) is 12.0. The van der Waals surface area contributed by atoms with Gasteiger partial charge in [-0.15, -0.1) is 0 Å².